The van der Waals surface area contributed by atoms with E-state index < -0.39 is 15.7 Å². The van der Waals surface area contributed by atoms with Crippen LogP contribution in [0.1, 0.15) is 18.9 Å². The smallest absolute Gasteiger partial charge is 0.268 e. The number of carbonyl (C=O) groups excluding carboxylic acids is 1. The molecular weight excluding hydrogens is 316 g/mol. The third kappa shape index (κ3) is 2.74. The summed E-state index contributed by atoms with van der Waals surface area (Å²) in [6.07, 6.45) is 0.838. The van der Waals surface area contributed by atoms with Crippen LogP contribution < -0.4 is 5.32 Å². The van der Waals surface area contributed by atoms with Gasteiger partial charge in [-0.15, -0.1) is 0 Å². The first-order valence-corrected chi connectivity index (χ1v) is 9.25. The van der Waals surface area contributed by atoms with Gasteiger partial charge in [0.15, 0.2) is 4.91 Å². The highest BCUT2D eigenvalue weighted by Crippen LogP contribution is 2.38. The molecule has 1 amide bonds. The summed E-state index contributed by atoms with van der Waals surface area (Å²) >= 11 is 0. The van der Waals surface area contributed by atoms with Crippen LogP contribution in [-0.2, 0) is 19.4 Å². The van der Waals surface area contributed by atoms with Gasteiger partial charge in [0, 0.05) is 25.2 Å². The van der Waals surface area contributed by atoms with E-state index in [9.17, 15) is 13.2 Å². The van der Waals surface area contributed by atoms with Gasteiger partial charge in [0.05, 0.1) is 23.8 Å². The van der Waals surface area contributed by atoms with Gasteiger partial charge in [-0.05, 0) is 12.5 Å². The van der Waals surface area contributed by atoms with E-state index in [0.29, 0.717) is 44.1 Å². The van der Waals surface area contributed by atoms with Crippen LogP contribution >= 0.6 is 0 Å². The second kappa shape index (κ2) is 6.33. The Hall–Kier alpha value is -1.86. The van der Waals surface area contributed by atoms with Crippen LogP contribution in [0, 0.1) is 0 Å². The topological polar surface area (TPSA) is 75.7 Å². The lowest BCUT2D eigenvalue weighted by Crippen LogP contribution is -2.42. The SMILES string of the molecule is CCCNC1=C(C(=O)N2CCOCC2)S(=O)(=O)c2ccccc21. The molecule has 23 heavy (non-hydrogen) atoms. The molecule has 2 aliphatic heterocycles. The standard InChI is InChI=1S/C16H20N2O4S/c1-2-7-17-14-12-5-3-4-6-13(12)23(20,21)15(14)16(19)18-8-10-22-11-9-18/h3-6,17H,2,7-11H2,1H3. The summed E-state index contributed by atoms with van der Waals surface area (Å²) in [7, 11) is -3.79. The first-order valence-electron chi connectivity index (χ1n) is 7.77. The van der Waals surface area contributed by atoms with Crippen molar-refractivity contribution in [3.63, 3.8) is 0 Å². The second-order valence-electron chi connectivity index (χ2n) is 5.54. The van der Waals surface area contributed by atoms with Crippen molar-refractivity contribution in [2.45, 2.75) is 18.2 Å². The van der Waals surface area contributed by atoms with Gasteiger partial charge in [-0.2, -0.15) is 0 Å². The number of hydrogen-bond acceptors (Lipinski definition) is 5. The van der Waals surface area contributed by atoms with E-state index in [1.165, 1.54) is 0 Å². The number of hydrogen-bond donors (Lipinski definition) is 1. The molecule has 0 aromatic heterocycles. The van der Waals surface area contributed by atoms with E-state index in [1.54, 1.807) is 29.2 Å². The lowest BCUT2D eigenvalue weighted by atomic mass is 10.1. The van der Waals surface area contributed by atoms with E-state index in [-0.39, 0.29) is 9.80 Å². The van der Waals surface area contributed by atoms with E-state index in [0.717, 1.165) is 6.42 Å². The van der Waals surface area contributed by atoms with E-state index >= 15 is 0 Å². The number of nitrogens with zero attached hydrogens (tertiary/aromatic N) is 1. The molecule has 1 aromatic carbocycles. The molecular formula is C16H20N2O4S. The Kier molecular flexibility index (Phi) is 4.41. The predicted molar refractivity (Wildman–Crippen MR) is 86.2 cm³/mol. The van der Waals surface area contributed by atoms with Crippen LogP contribution in [0.2, 0.25) is 0 Å². The van der Waals surface area contributed by atoms with Crippen LogP contribution in [0.15, 0.2) is 34.1 Å². The number of nitrogens with one attached hydrogen (secondary N) is 1. The van der Waals surface area contributed by atoms with Gasteiger partial charge < -0.3 is 15.0 Å². The molecule has 124 valence electrons. The average molecular weight is 336 g/mol. The molecule has 0 bridgehead atoms. The maximum Gasteiger partial charge on any atom is 0.268 e. The van der Waals surface area contributed by atoms with Gasteiger partial charge in [-0.3, -0.25) is 4.79 Å². The fourth-order valence-electron chi connectivity index (χ4n) is 2.83. The number of morpholine rings is 1. The summed E-state index contributed by atoms with van der Waals surface area (Å²) in [5.74, 6) is -0.442. The third-order valence-corrected chi connectivity index (χ3v) is 5.84. The normalized spacial score (nSPS) is 19.6. The molecule has 1 aromatic rings. The molecule has 1 saturated heterocycles. The van der Waals surface area contributed by atoms with Crippen LogP contribution in [0.4, 0.5) is 0 Å². The van der Waals surface area contributed by atoms with Gasteiger partial charge in [-0.25, -0.2) is 8.42 Å². The van der Waals surface area contributed by atoms with Gasteiger partial charge in [-0.1, -0.05) is 25.1 Å². The Morgan fingerprint density at radius 2 is 1.96 bits per heavy atom. The highest BCUT2D eigenvalue weighted by Gasteiger charge is 2.41. The zero-order valence-corrected chi connectivity index (χ0v) is 13.9. The highest BCUT2D eigenvalue weighted by molar-refractivity contribution is 7.97. The van der Waals surface area contributed by atoms with Crippen molar-refractivity contribution in [3.05, 3.63) is 34.7 Å². The quantitative estimate of drug-likeness (QED) is 0.888. The van der Waals surface area contributed by atoms with Crippen molar-refractivity contribution in [2.24, 2.45) is 0 Å². The first kappa shape index (κ1) is 16.0. The Morgan fingerprint density at radius 3 is 2.65 bits per heavy atom. The van der Waals surface area contributed by atoms with Crippen molar-refractivity contribution >= 4 is 21.4 Å². The van der Waals surface area contributed by atoms with Crippen molar-refractivity contribution < 1.29 is 17.9 Å². The summed E-state index contributed by atoms with van der Waals surface area (Å²) < 4.78 is 31.0. The predicted octanol–water partition coefficient (Wildman–Crippen LogP) is 1.00. The summed E-state index contributed by atoms with van der Waals surface area (Å²) in [4.78, 5) is 14.5. The monoisotopic (exact) mass is 336 g/mol. The van der Waals surface area contributed by atoms with E-state index in [4.69, 9.17) is 4.74 Å². The van der Waals surface area contributed by atoms with Crippen molar-refractivity contribution in [1.82, 2.24) is 10.2 Å². The summed E-state index contributed by atoms with van der Waals surface area (Å²) in [6.45, 7) is 4.30. The number of rotatable bonds is 4. The van der Waals surface area contributed by atoms with E-state index in [2.05, 4.69) is 5.32 Å². The minimum atomic E-state index is -3.79. The van der Waals surface area contributed by atoms with Crippen LogP contribution in [0.3, 0.4) is 0 Å². The maximum absolute atomic E-state index is 12.9. The maximum atomic E-state index is 12.9. The van der Waals surface area contributed by atoms with Gasteiger partial charge in [0.25, 0.3) is 5.91 Å². The summed E-state index contributed by atoms with van der Waals surface area (Å²) in [5, 5.41) is 3.13. The lowest BCUT2D eigenvalue weighted by molar-refractivity contribution is -0.130. The average Bonchev–Trinajstić information content (AvgIpc) is 2.80. The number of carbonyl (C=O) groups is 1. The molecule has 1 N–H and O–H groups in total. The zero-order chi connectivity index (χ0) is 16.4. The molecule has 3 rings (SSSR count). The van der Waals surface area contributed by atoms with Crippen molar-refractivity contribution in [1.29, 1.82) is 0 Å². The Balaban J connectivity index is 2.07. The first-order chi connectivity index (χ1) is 11.1. The number of sulfone groups is 1. The van der Waals surface area contributed by atoms with Crippen LogP contribution in [0.25, 0.3) is 5.70 Å². The number of fused-ring (bicyclic) bond motifs is 1. The third-order valence-electron chi connectivity index (χ3n) is 3.99. The fourth-order valence-corrected chi connectivity index (χ4v) is 4.58. The zero-order valence-electron chi connectivity index (χ0n) is 13.0. The molecule has 0 radical (unpaired) electrons. The van der Waals surface area contributed by atoms with Crippen molar-refractivity contribution in [2.75, 3.05) is 32.8 Å². The van der Waals surface area contributed by atoms with Gasteiger partial charge in [0.2, 0.25) is 9.84 Å². The molecule has 2 aliphatic rings. The Morgan fingerprint density at radius 1 is 1.26 bits per heavy atom. The molecule has 7 heteroatoms. The molecule has 0 unspecified atom stereocenters. The van der Waals surface area contributed by atoms with Gasteiger partial charge in [0.1, 0.15) is 0 Å². The molecule has 0 atom stereocenters. The minimum absolute atomic E-state index is 0.131. The van der Waals surface area contributed by atoms with Crippen molar-refractivity contribution in [3.8, 4) is 0 Å². The van der Waals surface area contributed by atoms with Gasteiger partial charge >= 0.3 is 0 Å². The Bertz CT molecular complexity index is 749. The molecule has 6 nitrogen and oxygen atoms in total. The number of benzene rings is 1. The molecule has 0 aliphatic carbocycles. The summed E-state index contributed by atoms with van der Waals surface area (Å²) in [5.41, 5.74) is 1.01. The lowest BCUT2D eigenvalue weighted by Gasteiger charge is -2.27. The number of amides is 1. The molecule has 0 spiro atoms. The van der Waals surface area contributed by atoms with Crippen LogP contribution in [-0.4, -0.2) is 52.1 Å². The second-order valence-corrected chi connectivity index (χ2v) is 7.39. The van der Waals surface area contributed by atoms with Crippen LogP contribution in [0.5, 0.6) is 0 Å². The fraction of sp³-hybridized carbons (Fsp3) is 0.438. The highest BCUT2D eigenvalue weighted by atomic mass is 32.2. The van der Waals surface area contributed by atoms with E-state index in [1.807, 2.05) is 6.92 Å². The molecule has 1 fully saturated rings. The summed E-state index contributed by atoms with van der Waals surface area (Å²) in [6, 6.07) is 6.75. The number of ether oxygens (including phenoxy) is 1. The molecule has 0 saturated carbocycles. The minimum Gasteiger partial charge on any atom is -0.383 e. The molecule has 2 heterocycles. The largest absolute Gasteiger partial charge is 0.383 e. The Labute approximate surface area is 136 Å².